The summed E-state index contributed by atoms with van der Waals surface area (Å²) in [6.45, 7) is 10.1. The molecule has 5 heteroatoms. The van der Waals surface area contributed by atoms with Gasteiger partial charge in [0.2, 0.25) is 0 Å². The van der Waals surface area contributed by atoms with E-state index in [1.54, 1.807) is 18.3 Å². The standard InChI is InChI=1S/C20H28FN3O/c1-5-8-9-19(24(6-2)7-3)25-18-14-22-15(4)23-20(18)16-10-12-17(21)13-11-16/h10-14,19H,5-9H2,1-4H3. The number of unbranched alkanes of at least 4 members (excludes halogenated alkanes) is 1. The molecule has 0 N–H and O–H groups in total. The van der Waals surface area contributed by atoms with Crippen molar-refractivity contribution >= 4 is 0 Å². The van der Waals surface area contributed by atoms with Gasteiger partial charge in [-0.05, 0) is 57.1 Å². The molecule has 0 amide bonds. The zero-order chi connectivity index (χ0) is 18.2. The van der Waals surface area contributed by atoms with Crippen LogP contribution in [0, 0.1) is 12.7 Å². The molecule has 0 bridgehead atoms. The Hall–Kier alpha value is -2.01. The first-order valence-corrected chi connectivity index (χ1v) is 9.09. The molecule has 0 aliphatic rings. The fourth-order valence-electron chi connectivity index (χ4n) is 2.83. The molecule has 1 unspecified atom stereocenters. The molecule has 1 aromatic heterocycles. The number of ether oxygens (including phenoxy) is 1. The van der Waals surface area contributed by atoms with E-state index in [0.717, 1.165) is 37.9 Å². The maximum absolute atomic E-state index is 13.3. The molecular formula is C20H28FN3O. The van der Waals surface area contributed by atoms with Gasteiger partial charge in [-0.1, -0.05) is 27.2 Å². The lowest BCUT2D eigenvalue weighted by Gasteiger charge is -2.30. The molecule has 0 spiro atoms. The third kappa shape index (κ3) is 5.23. The smallest absolute Gasteiger partial charge is 0.166 e. The highest BCUT2D eigenvalue weighted by Gasteiger charge is 2.20. The van der Waals surface area contributed by atoms with Crippen LogP contribution in [0.4, 0.5) is 4.39 Å². The van der Waals surface area contributed by atoms with Crippen LogP contribution < -0.4 is 4.74 Å². The van der Waals surface area contributed by atoms with Crippen molar-refractivity contribution in [2.45, 2.75) is 53.2 Å². The average Bonchev–Trinajstić information content (AvgIpc) is 2.62. The zero-order valence-electron chi connectivity index (χ0n) is 15.6. The maximum Gasteiger partial charge on any atom is 0.166 e. The first kappa shape index (κ1) is 19.3. The molecular weight excluding hydrogens is 317 g/mol. The van der Waals surface area contributed by atoms with E-state index in [4.69, 9.17) is 4.74 Å². The summed E-state index contributed by atoms with van der Waals surface area (Å²) in [6, 6.07) is 6.33. The second kappa shape index (κ2) is 9.47. The van der Waals surface area contributed by atoms with Crippen molar-refractivity contribution in [1.82, 2.24) is 14.9 Å². The van der Waals surface area contributed by atoms with E-state index in [-0.39, 0.29) is 12.0 Å². The minimum atomic E-state index is -0.263. The van der Waals surface area contributed by atoms with Gasteiger partial charge in [-0.25, -0.2) is 14.4 Å². The number of hydrogen-bond acceptors (Lipinski definition) is 4. The summed E-state index contributed by atoms with van der Waals surface area (Å²) in [4.78, 5) is 11.1. The Morgan fingerprint density at radius 2 is 1.80 bits per heavy atom. The van der Waals surface area contributed by atoms with E-state index in [1.807, 2.05) is 6.92 Å². The molecule has 0 radical (unpaired) electrons. The van der Waals surface area contributed by atoms with E-state index < -0.39 is 0 Å². The molecule has 0 fully saturated rings. The van der Waals surface area contributed by atoms with Gasteiger partial charge in [0.15, 0.2) is 12.0 Å². The largest absolute Gasteiger partial charge is 0.471 e. The van der Waals surface area contributed by atoms with Crippen molar-refractivity contribution < 1.29 is 9.13 Å². The summed E-state index contributed by atoms with van der Waals surface area (Å²) in [7, 11) is 0. The highest BCUT2D eigenvalue weighted by atomic mass is 19.1. The van der Waals surface area contributed by atoms with Crippen molar-refractivity contribution in [3.05, 3.63) is 42.1 Å². The Kier molecular flexibility index (Phi) is 7.31. The molecule has 0 aliphatic carbocycles. The minimum absolute atomic E-state index is 0.0135. The molecule has 4 nitrogen and oxygen atoms in total. The SMILES string of the molecule is CCCCC(Oc1cnc(C)nc1-c1ccc(F)cc1)N(CC)CC. The summed E-state index contributed by atoms with van der Waals surface area (Å²) in [5.74, 6) is 1.05. The number of benzene rings is 1. The number of aryl methyl sites for hydroxylation is 1. The van der Waals surface area contributed by atoms with Crippen LogP contribution in [0.2, 0.25) is 0 Å². The molecule has 1 heterocycles. The Morgan fingerprint density at radius 1 is 1.12 bits per heavy atom. The third-order valence-corrected chi connectivity index (χ3v) is 4.28. The second-order valence-corrected chi connectivity index (χ2v) is 6.07. The van der Waals surface area contributed by atoms with Crippen molar-refractivity contribution in [2.75, 3.05) is 13.1 Å². The molecule has 1 aromatic carbocycles. The Labute approximate surface area is 150 Å². The van der Waals surface area contributed by atoms with Gasteiger partial charge in [0.05, 0.1) is 6.20 Å². The van der Waals surface area contributed by atoms with Gasteiger partial charge in [0, 0.05) is 5.56 Å². The second-order valence-electron chi connectivity index (χ2n) is 6.07. The fraction of sp³-hybridized carbons (Fsp3) is 0.500. The van der Waals surface area contributed by atoms with Crippen LogP contribution in [-0.2, 0) is 0 Å². The van der Waals surface area contributed by atoms with E-state index in [2.05, 4.69) is 35.6 Å². The number of nitrogens with zero attached hydrogens (tertiary/aromatic N) is 3. The van der Waals surface area contributed by atoms with Crippen molar-refractivity contribution in [3.63, 3.8) is 0 Å². The molecule has 0 saturated carbocycles. The topological polar surface area (TPSA) is 38.3 Å². The van der Waals surface area contributed by atoms with Gasteiger partial charge < -0.3 is 4.74 Å². The van der Waals surface area contributed by atoms with Crippen molar-refractivity contribution in [2.24, 2.45) is 0 Å². The van der Waals surface area contributed by atoms with Gasteiger partial charge in [-0.2, -0.15) is 0 Å². The molecule has 0 saturated heterocycles. The number of halogens is 1. The predicted octanol–water partition coefficient (Wildman–Crippen LogP) is 4.83. The Balaban J connectivity index is 2.34. The first-order chi connectivity index (χ1) is 12.1. The summed E-state index contributed by atoms with van der Waals surface area (Å²) in [5, 5.41) is 0. The summed E-state index contributed by atoms with van der Waals surface area (Å²) < 4.78 is 19.6. The Bertz CT molecular complexity index is 656. The first-order valence-electron chi connectivity index (χ1n) is 9.09. The van der Waals surface area contributed by atoms with E-state index in [0.29, 0.717) is 17.3 Å². The molecule has 1 atom stereocenters. The third-order valence-electron chi connectivity index (χ3n) is 4.28. The van der Waals surface area contributed by atoms with Crippen LogP contribution in [-0.4, -0.2) is 34.2 Å². The monoisotopic (exact) mass is 345 g/mol. The lowest BCUT2D eigenvalue weighted by molar-refractivity contribution is 0.0243. The van der Waals surface area contributed by atoms with E-state index >= 15 is 0 Å². The van der Waals surface area contributed by atoms with Crippen molar-refractivity contribution in [1.29, 1.82) is 0 Å². The van der Waals surface area contributed by atoms with Crippen LogP contribution in [0.1, 0.15) is 45.9 Å². The summed E-state index contributed by atoms with van der Waals surface area (Å²) >= 11 is 0. The van der Waals surface area contributed by atoms with Crippen LogP contribution in [0.3, 0.4) is 0 Å². The minimum Gasteiger partial charge on any atom is -0.471 e. The predicted molar refractivity (Wildman–Crippen MR) is 99.0 cm³/mol. The van der Waals surface area contributed by atoms with Gasteiger partial charge in [0.1, 0.15) is 17.3 Å². The lowest BCUT2D eigenvalue weighted by Crippen LogP contribution is -2.39. The zero-order valence-corrected chi connectivity index (χ0v) is 15.6. The summed E-state index contributed by atoms with van der Waals surface area (Å²) in [6.07, 6.45) is 4.88. The van der Waals surface area contributed by atoms with Gasteiger partial charge >= 0.3 is 0 Å². The van der Waals surface area contributed by atoms with Gasteiger partial charge in [-0.15, -0.1) is 0 Å². The van der Waals surface area contributed by atoms with Crippen LogP contribution in [0.25, 0.3) is 11.3 Å². The van der Waals surface area contributed by atoms with Crippen LogP contribution >= 0.6 is 0 Å². The highest BCUT2D eigenvalue weighted by Crippen LogP contribution is 2.29. The fourth-order valence-corrected chi connectivity index (χ4v) is 2.83. The van der Waals surface area contributed by atoms with Crippen LogP contribution in [0.5, 0.6) is 5.75 Å². The molecule has 136 valence electrons. The van der Waals surface area contributed by atoms with Gasteiger partial charge in [0.25, 0.3) is 0 Å². The molecule has 25 heavy (non-hydrogen) atoms. The number of aromatic nitrogens is 2. The van der Waals surface area contributed by atoms with Gasteiger partial charge in [-0.3, -0.25) is 4.90 Å². The summed E-state index contributed by atoms with van der Waals surface area (Å²) in [5.41, 5.74) is 1.54. The number of hydrogen-bond donors (Lipinski definition) is 0. The molecule has 2 rings (SSSR count). The quantitative estimate of drug-likeness (QED) is 0.610. The van der Waals surface area contributed by atoms with E-state index in [9.17, 15) is 4.39 Å². The average molecular weight is 345 g/mol. The maximum atomic E-state index is 13.3. The van der Waals surface area contributed by atoms with Crippen molar-refractivity contribution in [3.8, 4) is 17.0 Å². The number of rotatable bonds is 9. The highest BCUT2D eigenvalue weighted by molar-refractivity contribution is 5.65. The normalized spacial score (nSPS) is 12.4. The van der Waals surface area contributed by atoms with E-state index in [1.165, 1.54) is 12.1 Å². The lowest BCUT2D eigenvalue weighted by atomic mass is 10.1. The van der Waals surface area contributed by atoms with Crippen LogP contribution in [0.15, 0.2) is 30.5 Å². The molecule has 2 aromatic rings. The molecule has 0 aliphatic heterocycles. The Morgan fingerprint density at radius 3 is 2.40 bits per heavy atom.